The van der Waals surface area contributed by atoms with Crippen LogP contribution in [-0.2, 0) is 6.54 Å². The number of ether oxygens (including phenoxy) is 2. The van der Waals surface area contributed by atoms with Crippen molar-refractivity contribution in [2.24, 2.45) is 0 Å². The summed E-state index contributed by atoms with van der Waals surface area (Å²) in [5, 5.41) is 3.48. The third kappa shape index (κ3) is 5.01. The lowest BCUT2D eigenvalue weighted by Crippen LogP contribution is -2.05. The van der Waals surface area contributed by atoms with Crippen LogP contribution in [0.15, 0.2) is 34.8 Å². The molecule has 0 aliphatic carbocycles. The lowest BCUT2D eigenvalue weighted by molar-refractivity contribution is 0.286. The maximum atomic E-state index is 5.74. The molecule has 0 unspecified atom stereocenters. The van der Waals surface area contributed by atoms with Crippen LogP contribution in [0.25, 0.3) is 0 Å². The maximum Gasteiger partial charge on any atom is 0.174 e. The summed E-state index contributed by atoms with van der Waals surface area (Å²) in [4.78, 5) is 0. The van der Waals surface area contributed by atoms with Gasteiger partial charge < -0.3 is 14.8 Å². The molecule has 0 spiro atoms. The Kier molecular flexibility index (Phi) is 7.02. The third-order valence-corrected chi connectivity index (χ3v) is 4.62. The molecule has 0 amide bonds. The zero-order valence-corrected chi connectivity index (χ0v) is 17.3. The van der Waals surface area contributed by atoms with Gasteiger partial charge in [-0.2, -0.15) is 0 Å². The highest BCUT2D eigenvalue weighted by molar-refractivity contribution is 14.1. The van der Waals surface area contributed by atoms with Crippen molar-refractivity contribution in [3.63, 3.8) is 0 Å². The Hall–Kier alpha value is -0.950. The van der Waals surface area contributed by atoms with Crippen LogP contribution in [0.3, 0.4) is 0 Å². The average molecular weight is 490 g/mol. The highest BCUT2D eigenvalue weighted by atomic mass is 127. The van der Waals surface area contributed by atoms with E-state index in [1.165, 1.54) is 11.1 Å². The van der Waals surface area contributed by atoms with Crippen molar-refractivity contribution in [1.82, 2.24) is 0 Å². The summed E-state index contributed by atoms with van der Waals surface area (Å²) in [6.45, 7) is 8.06. The number of hydrogen-bond acceptors (Lipinski definition) is 3. The molecule has 124 valence electrons. The first-order chi connectivity index (χ1) is 11.0. The summed E-state index contributed by atoms with van der Waals surface area (Å²) in [5.74, 6) is 1.64. The Balaban J connectivity index is 2.19. The van der Waals surface area contributed by atoms with Crippen molar-refractivity contribution < 1.29 is 9.47 Å². The Labute approximate surface area is 160 Å². The smallest absolute Gasteiger partial charge is 0.174 e. The zero-order chi connectivity index (χ0) is 16.8. The fourth-order valence-electron chi connectivity index (χ4n) is 2.29. The van der Waals surface area contributed by atoms with Crippen molar-refractivity contribution in [2.45, 2.75) is 27.3 Å². The van der Waals surface area contributed by atoms with Crippen molar-refractivity contribution in [3.05, 3.63) is 49.5 Å². The van der Waals surface area contributed by atoms with E-state index >= 15 is 0 Å². The second kappa shape index (κ2) is 8.78. The zero-order valence-electron chi connectivity index (χ0n) is 13.6. The fraction of sp³-hybridized carbons (Fsp3) is 0.333. The highest BCUT2D eigenvalue weighted by Gasteiger charge is 2.12. The highest BCUT2D eigenvalue weighted by Crippen LogP contribution is 2.34. The molecule has 0 fully saturated rings. The SMILES string of the molecule is CCOc1cc(CNc2ccc(Br)cc2C)cc(I)c1OCC. The second-order valence-corrected chi connectivity index (χ2v) is 7.16. The Morgan fingerprint density at radius 3 is 2.48 bits per heavy atom. The predicted molar refractivity (Wildman–Crippen MR) is 108 cm³/mol. The van der Waals surface area contributed by atoms with Crippen LogP contribution in [0.1, 0.15) is 25.0 Å². The normalized spacial score (nSPS) is 10.5. The minimum Gasteiger partial charge on any atom is -0.490 e. The monoisotopic (exact) mass is 489 g/mol. The standard InChI is InChI=1S/C18H21BrINO2/c1-4-22-17-10-13(9-15(20)18(17)23-5-2)11-21-16-7-6-14(19)8-12(16)3/h6-10,21H,4-5,11H2,1-3H3. The molecule has 0 aromatic heterocycles. The number of hydrogen-bond donors (Lipinski definition) is 1. The van der Waals surface area contributed by atoms with E-state index in [9.17, 15) is 0 Å². The van der Waals surface area contributed by atoms with E-state index in [1.54, 1.807) is 0 Å². The molecule has 0 atom stereocenters. The van der Waals surface area contributed by atoms with E-state index in [1.807, 2.05) is 19.9 Å². The van der Waals surface area contributed by atoms with E-state index in [-0.39, 0.29) is 0 Å². The lowest BCUT2D eigenvalue weighted by atomic mass is 10.1. The van der Waals surface area contributed by atoms with Crippen LogP contribution in [0.5, 0.6) is 11.5 Å². The van der Waals surface area contributed by atoms with E-state index in [0.717, 1.165) is 31.8 Å². The van der Waals surface area contributed by atoms with Gasteiger partial charge in [0.25, 0.3) is 0 Å². The first-order valence-corrected chi connectivity index (χ1v) is 9.50. The fourth-order valence-corrected chi connectivity index (χ4v) is 3.59. The summed E-state index contributed by atoms with van der Waals surface area (Å²) < 4.78 is 13.6. The molecule has 0 heterocycles. The molecule has 2 aromatic carbocycles. The molecule has 0 saturated heterocycles. The van der Waals surface area contributed by atoms with E-state index in [4.69, 9.17) is 9.47 Å². The van der Waals surface area contributed by atoms with E-state index in [0.29, 0.717) is 13.2 Å². The molecule has 0 saturated carbocycles. The van der Waals surface area contributed by atoms with Gasteiger partial charge >= 0.3 is 0 Å². The van der Waals surface area contributed by atoms with Crippen LogP contribution in [0, 0.1) is 10.5 Å². The van der Waals surface area contributed by atoms with Gasteiger partial charge in [-0.05, 0) is 84.8 Å². The molecule has 0 aliphatic heterocycles. The van der Waals surface area contributed by atoms with Gasteiger partial charge in [-0.1, -0.05) is 15.9 Å². The minimum atomic E-state index is 0.624. The van der Waals surface area contributed by atoms with Gasteiger partial charge in [-0.3, -0.25) is 0 Å². The lowest BCUT2D eigenvalue weighted by Gasteiger charge is -2.16. The van der Waals surface area contributed by atoms with Crippen molar-refractivity contribution in [1.29, 1.82) is 0 Å². The van der Waals surface area contributed by atoms with Crippen LogP contribution >= 0.6 is 38.5 Å². The van der Waals surface area contributed by atoms with Gasteiger partial charge in [-0.25, -0.2) is 0 Å². The Morgan fingerprint density at radius 2 is 1.83 bits per heavy atom. The van der Waals surface area contributed by atoms with E-state index in [2.05, 4.69) is 75.0 Å². The molecule has 2 rings (SSSR count). The van der Waals surface area contributed by atoms with Crippen molar-refractivity contribution in [3.8, 4) is 11.5 Å². The molecule has 2 aromatic rings. The van der Waals surface area contributed by atoms with Crippen molar-refractivity contribution >= 4 is 44.2 Å². The molecule has 0 aliphatic rings. The third-order valence-electron chi connectivity index (χ3n) is 3.33. The van der Waals surface area contributed by atoms with Gasteiger partial charge in [-0.15, -0.1) is 0 Å². The van der Waals surface area contributed by atoms with Gasteiger partial charge in [0.05, 0.1) is 16.8 Å². The summed E-state index contributed by atoms with van der Waals surface area (Å²) in [7, 11) is 0. The van der Waals surface area contributed by atoms with Crippen molar-refractivity contribution in [2.75, 3.05) is 18.5 Å². The Morgan fingerprint density at radius 1 is 1.09 bits per heavy atom. The van der Waals surface area contributed by atoms with Gasteiger partial charge in [0, 0.05) is 16.7 Å². The molecule has 3 nitrogen and oxygen atoms in total. The summed E-state index contributed by atoms with van der Waals surface area (Å²) in [5.41, 5.74) is 3.52. The molecule has 0 bridgehead atoms. The van der Waals surface area contributed by atoms with Crippen LogP contribution in [-0.4, -0.2) is 13.2 Å². The van der Waals surface area contributed by atoms with Gasteiger partial charge in [0.15, 0.2) is 11.5 Å². The number of rotatable bonds is 7. The van der Waals surface area contributed by atoms with Crippen LogP contribution in [0.4, 0.5) is 5.69 Å². The molecule has 0 radical (unpaired) electrons. The Bertz CT molecular complexity index is 676. The summed E-state index contributed by atoms with van der Waals surface area (Å²) >= 11 is 5.79. The second-order valence-electron chi connectivity index (χ2n) is 5.08. The average Bonchev–Trinajstić information content (AvgIpc) is 2.50. The first kappa shape index (κ1) is 18.4. The summed E-state index contributed by atoms with van der Waals surface area (Å²) in [6.07, 6.45) is 0. The van der Waals surface area contributed by atoms with Gasteiger partial charge in [0.1, 0.15) is 0 Å². The molecular weight excluding hydrogens is 469 g/mol. The predicted octanol–water partition coefficient (Wildman–Crippen LogP) is 5.77. The molecule has 1 N–H and O–H groups in total. The first-order valence-electron chi connectivity index (χ1n) is 7.63. The summed E-state index contributed by atoms with van der Waals surface area (Å²) in [6, 6.07) is 10.4. The van der Waals surface area contributed by atoms with E-state index < -0.39 is 0 Å². The molecular formula is C18H21BrINO2. The van der Waals surface area contributed by atoms with Gasteiger partial charge in [0.2, 0.25) is 0 Å². The topological polar surface area (TPSA) is 30.5 Å². The number of benzene rings is 2. The quantitative estimate of drug-likeness (QED) is 0.500. The van der Waals surface area contributed by atoms with Crippen LogP contribution in [0.2, 0.25) is 0 Å². The number of aryl methyl sites for hydroxylation is 1. The molecule has 23 heavy (non-hydrogen) atoms. The van der Waals surface area contributed by atoms with Crippen LogP contribution < -0.4 is 14.8 Å². The number of halogens is 2. The molecule has 5 heteroatoms. The number of anilines is 1. The maximum absolute atomic E-state index is 5.74. The minimum absolute atomic E-state index is 0.624. The number of nitrogens with one attached hydrogen (secondary N) is 1. The largest absolute Gasteiger partial charge is 0.490 e.